The van der Waals surface area contributed by atoms with Crippen molar-refractivity contribution >= 4 is 5.91 Å². The van der Waals surface area contributed by atoms with Crippen LogP contribution < -0.4 is 0 Å². The number of aromatic nitrogens is 2. The molecule has 0 aromatic carbocycles. The van der Waals surface area contributed by atoms with Gasteiger partial charge < -0.3 is 13.8 Å². The van der Waals surface area contributed by atoms with E-state index in [4.69, 9.17) is 8.94 Å². The summed E-state index contributed by atoms with van der Waals surface area (Å²) in [6.07, 6.45) is 5.45. The van der Waals surface area contributed by atoms with E-state index < -0.39 is 0 Å². The Balaban J connectivity index is 1.45. The molecule has 1 aliphatic heterocycles. The van der Waals surface area contributed by atoms with Crippen LogP contribution in [0.1, 0.15) is 41.5 Å². The molecule has 0 spiro atoms. The molecular formula is C15H19N3O3. The lowest BCUT2D eigenvalue weighted by atomic mass is 9.92. The molecule has 112 valence electrons. The SMILES string of the molecule is Cc1nc(CCC2CCN(C(=O)c3ccco3)CC2)no1. The maximum absolute atomic E-state index is 12.1. The third kappa shape index (κ3) is 3.32. The van der Waals surface area contributed by atoms with Crippen molar-refractivity contribution in [3.63, 3.8) is 0 Å². The maximum Gasteiger partial charge on any atom is 0.289 e. The molecule has 0 unspecified atom stereocenters. The van der Waals surface area contributed by atoms with Crippen LogP contribution in [0.2, 0.25) is 0 Å². The number of hydrogen-bond acceptors (Lipinski definition) is 5. The molecule has 0 radical (unpaired) electrons. The Kier molecular flexibility index (Phi) is 4.03. The van der Waals surface area contributed by atoms with Crippen molar-refractivity contribution in [3.8, 4) is 0 Å². The van der Waals surface area contributed by atoms with Crippen molar-refractivity contribution in [2.24, 2.45) is 5.92 Å². The minimum atomic E-state index is -0.00718. The van der Waals surface area contributed by atoms with Gasteiger partial charge in [0.05, 0.1) is 6.26 Å². The van der Waals surface area contributed by atoms with Crippen molar-refractivity contribution in [1.82, 2.24) is 15.0 Å². The summed E-state index contributed by atoms with van der Waals surface area (Å²) in [4.78, 5) is 18.2. The molecule has 1 aliphatic rings. The predicted molar refractivity (Wildman–Crippen MR) is 74.7 cm³/mol. The zero-order valence-corrected chi connectivity index (χ0v) is 12.1. The second kappa shape index (κ2) is 6.11. The largest absolute Gasteiger partial charge is 0.459 e. The van der Waals surface area contributed by atoms with Gasteiger partial charge in [0.2, 0.25) is 5.89 Å². The Hall–Kier alpha value is -2.11. The minimum Gasteiger partial charge on any atom is -0.459 e. The molecule has 2 aromatic rings. The van der Waals surface area contributed by atoms with Crippen LogP contribution in [0.3, 0.4) is 0 Å². The normalized spacial score (nSPS) is 16.3. The highest BCUT2D eigenvalue weighted by molar-refractivity contribution is 5.91. The fraction of sp³-hybridized carbons (Fsp3) is 0.533. The number of furan rings is 1. The van der Waals surface area contributed by atoms with Crippen LogP contribution in [0.4, 0.5) is 0 Å². The van der Waals surface area contributed by atoms with E-state index in [2.05, 4.69) is 10.1 Å². The average Bonchev–Trinajstić information content (AvgIpc) is 3.16. The summed E-state index contributed by atoms with van der Waals surface area (Å²) in [7, 11) is 0. The molecule has 1 amide bonds. The molecule has 6 heteroatoms. The monoisotopic (exact) mass is 289 g/mol. The van der Waals surface area contributed by atoms with Crippen molar-refractivity contribution in [2.75, 3.05) is 13.1 Å². The molecule has 0 saturated carbocycles. The molecule has 3 heterocycles. The summed E-state index contributed by atoms with van der Waals surface area (Å²) < 4.78 is 10.1. The fourth-order valence-corrected chi connectivity index (χ4v) is 2.76. The molecule has 21 heavy (non-hydrogen) atoms. The average molecular weight is 289 g/mol. The number of hydrogen-bond donors (Lipinski definition) is 0. The van der Waals surface area contributed by atoms with Crippen molar-refractivity contribution in [3.05, 3.63) is 35.9 Å². The number of carbonyl (C=O) groups excluding carboxylic acids is 1. The zero-order valence-electron chi connectivity index (χ0n) is 12.1. The van der Waals surface area contributed by atoms with Crippen LogP contribution in [-0.4, -0.2) is 34.0 Å². The molecule has 0 aliphatic carbocycles. The van der Waals surface area contributed by atoms with E-state index in [1.807, 2.05) is 4.90 Å². The summed E-state index contributed by atoms with van der Waals surface area (Å²) in [5.41, 5.74) is 0. The number of piperidine rings is 1. The number of likely N-dealkylation sites (tertiary alicyclic amines) is 1. The van der Waals surface area contributed by atoms with Gasteiger partial charge in [-0.15, -0.1) is 0 Å². The predicted octanol–water partition coefficient (Wildman–Crippen LogP) is 2.46. The smallest absolute Gasteiger partial charge is 0.289 e. The summed E-state index contributed by atoms with van der Waals surface area (Å²) in [5, 5.41) is 3.91. The van der Waals surface area contributed by atoms with E-state index in [1.165, 1.54) is 6.26 Å². The van der Waals surface area contributed by atoms with E-state index in [9.17, 15) is 4.79 Å². The number of nitrogens with zero attached hydrogens (tertiary/aromatic N) is 3. The molecule has 0 N–H and O–H groups in total. The Morgan fingerprint density at radius 1 is 1.43 bits per heavy atom. The van der Waals surface area contributed by atoms with E-state index in [0.29, 0.717) is 17.6 Å². The number of aryl methyl sites for hydroxylation is 2. The second-order valence-electron chi connectivity index (χ2n) is 5.48. The maximum atomic E-state index is 12.1. The molecule has 1 saturated heterocycles. The summed E-state index contributed by atoms with van der Waals surface area (Å²) >= 11 is 0. The third-order valence-corrected chi connectivity index (χ3v) is 3.98. The third-order valence-electron chi connectivity index (χ3n) is 3.98. The van der Waals surface area contributed by atoms with Gasteiger partial charge in [-0.25, -0.2) is 0 Å². The van der Waals surface area contributed by atoms with Crippen LogP contribution in [0.25, 0.3) is 0 Å². The van der Waals surface area contributed by atoms with Gasteiger partial charge in [0, 0.05) is 26.4 Å². The standard InChI is InChI=1S/C15H19N3O3/c1-11-16-14(17-21-11)5-4-12-6-8-18(9-7-12)15(19)13-3-2-10-20-13/h2-3,10,12H,4-9H2,1H3. The topological polar surface area (TPSA) is 72.4 Å². The zero-order chi connectivity index (χ0) is 14.7. The molecule has 6 nitrogen and oxygen atoms in total. The fourth-order valence-electron chi connectivity index (χ4n) is 2.76. The van der Waals surface area contributed by atoms with E-state index in [0.717, 1.165) is 44.6 Å². The lowest BCUT2D eigenvalue weighted by Crippen LogP contribution is -2.38. The number of rotatable bonds is 4. The molecule has 0 atom stereocenters. The Morgan fingerprint density at radius 2 is 2.24 bits per heavy atom. The van der Waals surface area contributed by atoms with E-state index >= 15 is 0 Å². The van der Waals surface area contributed by atoms with Gasteiger partial charge in [-0.05, 0) is 37.3 Å². The van der Waals surface area contributed by atoms with Gasteiger partial charge in [0.15, 0.2) is 11.6 Å². The highest BCUT2D eigenvalue weighted by Crippen LogP contribution is 2.23. The first-order chi connectivity index (χ1) is 10.2. The first-order valence-corrected chi connectivity index (χ1v) is 7.34. The first-order valence-electron chi connectivity index (χ1n) is 7.34. The quantitative estimate of drug-likeness (QED) is 0.864. The van der Waals surface area contributed by atoms with Crippen molar-refractivity contribution in [1.29, 1.82) is 0 Å². The Labute approximate surface area is 123 Å². The lowest BCUT2D eigenvalue weighted by Gasteiger charge is -2.31. The van der Waals surface area contributed by atoms with Crippen LogP contribution in [-0.2, 0) is 6.42 Å². The summed E-state index contributed by atoms with van der Waals surface area (Å²) in [5.74, 6) is 2.43. The van der Waals surface area contributed by atoms with Crippen LogP contribution >= 0.6 is 0 Å². The van der Waals surface area contributed by atoms with Gasteiger partial charge in [-0.2, -0.15) is 4.98 Å². The number of amides is 1. The van der Waals surface area contributed by atoms with Crippen LogP contribution in [0, 0.1) is 12.8 Å². The van der Waals surface area contributed by atoms with Crippen LogP contribution in [0.5, 0.6) is 0 Å². The number of carbonyl (C=O) groups is 1. The van der Waals surface area contributed by atoms with Gasteiger partial charge in [0.1, 0.15) is 0 Å². The summed E-state index contributed by atoms with van der Waals surface area (Å²) in [6.45, 7) is 3.38. The Bertz CT molecular complexity index is 583. The Morgan fingerprint density at radius 3 is 2.86 bits per heavy atom. The second-order valence-corrected chi connectivity index (χ2v) is 5.48. The lowest BCUT2D eigenvalue weighted by molar-refractivity contribution is 0.0654. The minimum absolute atomic E-state index is 0.00718. The molecule has 1 fully saturated rings. The van der Waals surface area contributed by atoms with Gasteiger partial charge in [0.25, 0.3) is 5.91 Å². The van der Waals surface area contributed by atoms with Crippen molar-refractivity contribution in [2.45, 2.75) is 32.6 Å². The van der Waals surface area contributed by atoms with Crippen LogP contribution in [0.15, 0.2) is 27.3 Å². The highest BCUT2D eigenvalue weighted by atomic mass is 16.5. The molecule has 3 rings (SSSR count). The molecular weight excluding hydrogens is 270 g/mol. The summed E-state index contributed by atoms with van der Waals surface area (Å²) in [6, 6.07) is 3.46. The van der Waals surface area contributed by atoms with Gasteiger partial charge >= 0.3 is 0 Å². The van der Waals surface area contributed by atoms with Crippen molar-refractivity contribution < 1.29 is 13.7 Å². The van der Waals surface area contributed by atoms with Gasteiger partial charge in [-0.1, -0.05) is 5.16 Å². The van der Waals surface area contributed by atoms with E-state index in [-0.39, 0.29) is 5.91 Å². The first kappa shape index (κ1) is 13.9. The highest BCUT2D eigenvalue weighted by Gasteiger charge is 2.25. The molecule has 2 aromatic heterocycles. The molecule has 0 bridgehead atoms. The van der Waals surface area contributed by atoms with E-state index in [1.54, 1.807) is 19.1 Å². The van der Waals surface area contributed by atoms with Gasteiger partial charge in [-0.3, -0.25) is 4.79 Å².